The fourth-order valence-corrected chi connectivity index (χ4v) is 5.17. The maximum absolute atomic E-state index is 13.7. The number of ether oxygens (including phenoxy) is 1. The summed E-state index contributed by atoms with van der Waals surface area (Å²) in [5.41, 5.74) is 2.84. The topological polar surface area (TPSA) is 110 Å². The number of carbonyl (C=O) groups excluding carboxylic acids is 2. The van der Waals surface area contributed by atoms with Gasteiger partial charge in [0.05, 0.1) is 18.2 Å². The van der Waals surface area contributed by atoms with Gasteiger partial charge in [-0.05, 0) is 56.9 Å². The van der Waals surface area contributed by atoms with E-state index in [-0.39, 0.29) is 17.9 Å². The average Bonchev–Trinajstić information content (AvgIpc) is 3.60. The Hall–Kier alpha value is -4.21. The van der Waals surface area contributed by atoms with Crippen molar-refractivity contribution < 1.29 is 23.7 Å². The summed E-state index contributed by atoms with van der Waals surface area (Å²) in [7, 11) is 1.49. The van der Waals surface area contributed by atoms with Gasteiger partial charge in [0.1, 0.15) is 18.8 Å². The van der Waals surface area contributed by atoms with Crippen LogP contribution in [-0.4, -0.2) is 70.0 Å². The normalized spacial score (nSPS) is 20.6. The molecule has 1 aromatic heterocycles. The SMILES string of the molecule is CON=C1C[C@@H](c2noc(C3CCCN(C(=O)OC(C)(C)C)C3)n2)N(C(=O)c2ccc(-c3ccccc3)cc2)C1. The minimum absolute atomic E-state index is 0.106. The number of hydrogen-bond acceptors (Lipinski definition) is 8. The molecule has 2 aromatic carbocycles. The molecule has 0 bridgehead atoms. The third kappa shape index (κ3) is 6.16. The first-order valence-electron chi connectivity index (χ1n) is 13.6. The van der Waals surface area contributed by atoms with Crippen molar-refractivity contribution in [2.24, 2.45) is 5.16 Å². The molecule has 2 saturated heterocycles. The summed E-state index contributed by atoms with van der Waals surface area (Å²) in [4.78, 5) is 39.4. The van der Waals surface area contributed by atoms with Crippen LogP contribution in [0.25, 0.3) is 11.1 Å². The Morgan fingerprint density at radius 3 is 2.48 bits per heavy atom. The summed E-state index contributed by atoms with van der Waals surface area (Å²) in [6, 6.07) is 17.1. The third-order valence-corrected chi connectivity index (χ3v) is 7.06. The molecule has 0 aliphatic carbocycles. The zero-order chi connectivity index (χ0) is 28.3. The molecular weight excluding hydrogens is 510 g/mol. The zero-order valence-electron chi connectivity index (χ0n) is 23.4. The summed E-state index contributed by atoms with van der Waals surface area (Å²) in [6.07, 6.45) is 1.72. The average molecular weight is 546 g/mol. The highest BCUT2D eigenvalue weighted by Gasteiger charge is 2.39. The zero-order valence-corrected chi connectivity index (χ0v) is 23.4. The monoisotopic (exact) mass is 545 g/mol. The fraction of sp³-hybridized carbons (Fsp3) is 0.433. The standard InChI is InChI=1S/C30H35N5O5/c1-30(2,3)39-29(37)34-16-8-11-23(18-34)27-31-26(33-40-27)25-17-24(32-38-4)19-35(25)28(36)22-14-12-21(13-15-22)20-9-6-5-7-10-20/h5-7,9-10,12-15,23,25H,8,11,16-19H2,1-4H3/t23?,25-/m0/s1. The van der Waals surface area contributed by atoms with E-state index in [0.717, 1.165) is 29.7 Å². The van der Waals surface area contributed by atoms with Crippen molar-refractivity contribution in [2.75, 3.05) is 26.7 Å². The quantitative estimate of drug-likeness (QED) is 0.393. The first-order chi connectivity index (χ1) is 19.2. The van der Waals surface area contributed by atoms with Gasteiger partial charge in [0.2, 0.25) is 5.89 Å². The number of carbonyl (C=O) groups is 2. The predicted octanol–water partition coefficient (Wildman–Crippen LogP) is 5.44. The van der Waals surface area contributed by atoms with E-state index in [4.69, 9.17) is 19.1 Å². The highest BCUT2D eigenvalue weighted by Crippen LogP contribution is 2.33. The van der Waals surface area contributed by atoms with Crippen LogP contribution < -0.4 is 0 Å². The van der Waals surface area contributed by atoms with Gasteiger partial charge in [0.25, 0.3) is 5.91 Å². The van der Waals surface area contributed by atoms with Crippen molar-refractivity contribution in [3.63, 3.8) is 0 Å². The maximum Gasteiger partial charge on any atom is 0.410 e. The van der Waals surface area contributed by atoms with E-state index in [1.165, 1.54) is 7.11 Å². The lowest BCUT2D eigenvalue weighted by Crippen LogP contribution is -2.42. The van der Waals surface area contributed by atoms with Gasteiger partial charge in [-0.15, -0.1) is 0 Å². The van der Waals surface area contributed by atoms with E-state index in [1.54, 1.807) is 9.80 Å². The van der Waals surface area contributed by atoms with Gasteiger partial charge in [-0.25, -0.2) is 4.79 Å². The van der Waals surface area contributed by atoms with E-state index >= 15 is 0 Å². The molecule has 10 nitrogen and oxygen atoms in total. The molecule has 0 N–H and O–H groups in total. The van der Waals surface area contributed by atoms with Gasteiger partial charge in [0, 0.05) is 25.1 Å². The van der Waals surface area contributed by atoms with Crippen LogP contribution in [0.2, 0.25) is 0 Å². The number of benzene rings is 2. The van der Waals surface area contributed by atoms with Gasteiger partial charge in [-0.1, -0.05) is 52.8 Å². The largest absolute Gasteiger partial charge is 0.444 e. The molecule has 0 radical (unpaired) electrons. The minimum atomic E-state index is -0.566. The van der Waals surface area contributed by atoms with Gasteiger partial charge >= 0.3 is 6.09 Å². The summed E-state index contributed by atoms with van der Waals surface area (Å²) in [5.74, 6) is 0.622. The lowest BCUT2D eigenvalue weighted by atomic mass is 9.98. The molecule has 40 heavy (non-hydrogen) atoms. The van der Waals surface area contributed by atoms with Crippen LogP contribution in [-0.2, 0) is 9.57 Å². The van der Waals surface area contributed by atoms with Crippen molar-refractivity contribution in [2.45, 2.75) is 57.6 Å². The summed E-state index contributed by atoms with van der Waals surface area (Å²) >= 11 is 0. The molecular formula is C30H35N5O5. The number of hydrogen-bond donors (Lipinski definition) is 0. The molecule has 0 saturated carbocycles. The Kier molecular flexibility index (Phi) is 7.86. The van der Waals surface area contributed by atoms with E-state index in [1.807, 2.05) is 75.4 Å². The molecule has 5 rings (SSSR count). The second kappa shape index (κ2) is 11.5. The van der Waals surface area contributed by atoms with Crippen LogP contribution in [0.4, 0.5) is 4.79 Å². The Balaban J connectivity index is 1.33. The first-order valence-corrected chi connectivity index (χ1v) is 13.6. The second-order valence-electron chi connectivity index (χ2n) is 11.2. The summed E-state index contributed by atoms with van der Waals surface area (Å²) in [5, 5.41) is 8.38. The smallest absolute Gasteiger partial charge is 0.410 e. The summed E-state index contributed by atoms with van der Waals surface area (Å²) in [6.45, 7) is 6.92. The number of oxime groups is 1. The van der Waals surface area contributed by atoms with Crippen LogP contribution >= 0.6 is 0 Å². The summed E-state index contributed by atoms with van der Waals surface area (Å²) < 4.78 is 11.2. The van der Waals surface area contributed by atoms with Crippen LogP contribution in [0.15, 0.2) is 64.3 Å². The second-order valence-corrected chi connectivity index (χ2v) is 11.2. The number of rotatable bonds is 5. The number of amides is 2. The molecule has 210 valence electrons. The van der Waals surface area contributed by atoms with Gasteiger partial charge < -0.3 is 23.9 Å². The highest BCUT2D eigenvalue weighted by atomic mass is 16.6. The molecule has 2 aliphatic heterocycles. The molecule has 1 unspecified atom stereocenters. The van der Waals surface area contributed by atoms with E-state index in [0.29, 0.717) is 43.3 Å². The Labute approximate surface area is 233 Å². The van der Waals surface area contributed by atoms with Crippen molar-refractivity contribution in [1.82, 2.24) is 19.9 Å². The molecule has 3 aromatic rings. The lowest BCUT2D eigenvalue weighted by Gasteiger charge is -2.32. The molecule has 10 heteroatoms. The van der Waals surface area contributed by atoms with Crippen LogP contribution in [0.3, 0.4) is 0 Å². The van der Waals surface area contributed by atoms with Gasteiger partial charge in [0.15, 0.2) is 5.82 Å². The molecule has 2 amide bonds. The lowest BCUT2D eigenvalue weighted by molar-refractivity contribution is 0.0188. The number of aromatic nitrogens is 2. The van der Waals surface area contributed by atoms with E-state index < -0.39 is 11.6 Å². The van der Waals surface area contributed by atoms with Crippen LogP contribution in [0, 0.1) is 0 Å². The number of likely N-dealkylation sites (tertiary alicyclic amines) is 2. The Morgan fingerprint density at radius 1 is 1.05 bits per heavy atom. The molecule has 0 spiro atoms. The molecule has 2 atom stereocenters. The van der Waals surface area contributed by atoms with Crippen LogP contribution in [0.5, 0.6) is 0 Å². The van der Waals surface area contributed by atoms with Gasteiger partial charge in [-0.3, -0.25) is 4.79 Å². The van der Waals surface area contributed by atoms with E-state index in [9.17, 15) is 9.59 Å². The molecule has 2 aliphatic rings. The Bertz CT molecular complexity index is 1360. The van der Waals surface area contributed by atoms with Crippen LogP contribution in [0.1, 0.15) is 74.1 Å². The number of piperidine rings is 1. The Morgan fingerprint density at radius 2 is 1.77 bits per heavy atom. The van der Waals surface area contributed by atoms with E-state index in [2.05, 4.69) is 10.3 Å². The predicted molar refractivity (Wildman–Crippen MR) is 149 cm³/mol. The fourth-order valence-electron chi connectivity index (χ4n) is 5.17. The van der Waals surface area contributed by atoms with Crippen molar-refractivity contribution >= 4 is 17.7 Å². The van der Waals surface area contributed by atoms with Crippen molar-refractivity contribution in [3.8, 4) is 11.1 Å². The molecule has 3 heterocycles. The third-order valence-electron chi connectivity index (χ3n) is 7.06. The highest BCUT2D eigenvalue weighted by molar-refractivity contribution is 6.00. The molecule has 2 fully saturated rings. The van der Waals surface area contributed by atoms with Gasteiger partial charge in [-0.2, -0.15) is 4.98 Å². The minimum Gasteiger partial charge on any atom is -0.444 e. The van der Waals surface area contributed by atoms with Crippen molar-refractivity contribution in [1.29, 1.82) is 0 Å². The number of nitrogens with zero attached hydrogens (tertiary/aromatic N) is 5. The first kappa shape index (κ1) is 27.4. The maximum atomic E-state index is 13.7. The van der Waals surface area contributed by atoms with Crippen molar-refractivity contribution in [3.05, 3.63) is 71.9 Å².